The number of ether oxygens (including phenoxy) is 2. The standard InChI is InChI=1S/C19H18N4O5S2/c1-27-18-12-17(21-19(22-18)28-2)23-30(25,26)14-7-5-13(6-8-14)20-10-9-15(24)16-4-3-11-29-16/h3-12,20H,1-2H3,(H,21,22,23)/b10-9-. The van der Waals surface area contributed by atoms with Gasteiger partial charge in [0, 0.05) is 24.0 Å². The molecule has 0 spiro atoms. The van der Waals surface area contributed by atoms with Gasteiger partial charge < -0.3 is 14.8 Å². The molecule has 2 aromatic heterocycles. The highest BCUT2D eigenvalue weighted by Gasteiger charge is 2.16. The number of ketones is 1. The number of sulfonamides is 1. The van der Waals surface area contributed by atoms with Crippen LogP contribution in [0.1, 0.15) is 9.67 Å². The van der Waals surface area contributed by atoms with Crippen molar-refractivity contribution in [2.45, 2.75) is 4.90 Å². The van der Waals surface area contributed by atoms with Crippen LogP contribution < -0.4 is 19.5 Å². The number of aromatic nitrogens is 2. The Bertz CT molecular complexity index is 1120. The Morgan fingerprint density at radius 2 is 1.87 bits per heavy atom. The summed E-state index contributed by atoms with van der Waals surface area (Å²) in [4.78, 5) is 20.4. The van der Waals surface area contributed by atoms with Gasteiger partial charge in [0.15, 0.2) is 11.6 Å². The summed E-state index contributed by atoms with van der Waals surface area (Å²) in [6, 6.07) is 10.9. The van der Waals surface area contributed by atoms with E-state index < -0.39 is 10.0 Å². The van der Waals surface area contributed by atoms with Crippen LogP contribution in [-0.2, 0) is 10.0 Å². The summed E-state index contributed by atoms with van der Waals surface area (Å²) in [6.07, 6.45) is 2.91. The SMILES string of the molecule is COc1cc(NS(=O)(=O)c2ccc(N/C=C\C(=O)c3cccs3)cc2)nc(OC)n1. The molecule has 0 aliphatic heterocycles. The van der Waals surface area contributed by atoms with Crippen LogP contribution >= 0.6 is 11.3 Å². The number of methoxy groups -OCH3 is 2. The average Bonchev–Trinajstić information content (AvgIpc) is 3.28. The van der Waals surface area contributed by atoms with E-state index in [0.29, 0.717) is 10.6 Å². The first-order valence-corrected chi connectivity index (χ1v) is 10.9. The van der Waals surface area contributed by atoms with E-state index in [9.17, 15) is 13.2 Å². The number of carbonyl (C=O) groups is 1. The van der Waals surface area contributed by atoms with Crippen molar-refractivity contribution >= 4 is 38.6 Å². The maximum absolute atomic E-state index is 12.6. The average molecular weight is 447 g/mol. The third-order valence-electron chi connectivity index (χ3n) is 3.73. The van der Waals surface area contributed by atoms with Crippen molar-refractivity contribution in [1.29, 1.82) is 0 Å². The van der Waals surface area contributed by atoms with E-state index in [2.05, 4.69) is 20.0 Å². The van der Waals surface area contributed by atoms with E-state index in [1.165, 1.54) is 56.0 Å². The second-order valence-corrected chi connectivity index (χ2v) is 8.36. The van der Waals surface area contributed by atoms with Crippen molar-refractivity contribution in [2.24, 2.45) is 0 Å². The number of hydrogen-bond donors (Lipinski definition) is 2. The van der Waals surface area contributed by atoms with Crippen LogP contribution in [0.5, 0.6) is 11.9 Å². The highest BCUT2D eigenvalue weighted by molar-refractivity contribution is 7.92. The van der Waals surface area contributed by atoms with Crippen molar-refractivity contribution in [3.05, 3.63) is 65.0 Å². The summed E-state index contributed by atoms with van der Waals surface area (Å²) >= 11 is 1.36. The molecule has 9 nitrogen and oxygen atoms in total. The molecule has 0 aliphatic rings. The van der Waals surface area contributed by atoms with E-state index in [1.54, 1.807) is 24.3 Å². The van der Waals surface area contributed by atoms with Gasteiger partial charge in [-0.15, -0.1) is 11.3 Å². The molecule has 0 saturated carbocycles. The number of rotatable bonds is 9. The van der Waals surface area contributed by atoms with Crippen molar-refractivity contribution in [3.8, 4) is 11.9 Å². The molecular weight excluding hydrogens is 428 g/mol. The van der Waals surface area contributed by atoms with Gasteiger partial charge in [0.05, 0.1) is 24.0 Å². The molecule has 0 unspecified atom stereocenters. The lowest BCUT2D eigenvalue weighted by Gasteiger charge is -2.10. The van der Waals surface area contributed by atoms with Gasteiger partial charge in [-0.05, 0) is 35.7 Å². The Hall–Kier alpha value is -3.44. The Labute approximate surface area is 177 Å². The molecule has 0 amide bonds. The zero-order valence-electron chi connectivity index (χ0n) is 16.0. The summed E-state index contributed by atoms with van der Waals surface area (Å²) in [5.74, 6) is 0.0514. The smallest absolute Gasteiger partial charge is 0.321 e. The molecule has 3 aromatic rings. The van der Waals surface area contributed by atoms with Crippen molar-refractivity contribution in [2.75, 3.05) is 24.3 Å². The minimum atomic E-state index is -3.89. The van der Waals surface area contributed by atoms with Crippen LogP contribution in [0, 0.1) is 0 Å². The Morgan fingerprint density at radius 3 is 2.50 bits per heavy atom. The number of thiophene rings is 1. The molecule has 0 radical (unpaired) electrons. The maximum Gasteiger partial charge on any atom is 0.321 e. The molecule has 0 fully saturated rings. The summed E-state index contributed by atoms with van der Waals surface area (Å²) in [7, 11) is -1.13. The molecule has 0 aliphatic carbocycles. The van der Waals surface area contributed by atoms with Gasteiger partial charge in [-0.1, -0.05) is 6.07 Å². The first-order chi connectivity index (χ1) is 14.4. The molecule has 1 aromatic carbocycles. The molecule has 30 heavy (non-hydrogen) atoms. The van der Waals surface area contributed by atoms with E-state index in [0.717, 1.165) is 0 Å². The fraction of sp³-hybridized carbons (Fsp3) is 0.105. The molecule has 3 rings (SSSR count). The summed E-state index contributed by atoms with van der Waals surface area (Å²) in [6.45, 7) is 0. The zero-order chi connectivity index (χ0) is 21.6. The van der Waals surface area contributed by atoms with Crippen LogP contribution in [0.4, 0.5) is 11.5 Å². The summed E-state index contributed by atoms with van der Waals surface area (Å²) in [5, 5.41) is 4.76. The van der Waals surface area contributed by atoms with Crippen LogP contribution in [0.2, 0.25) is 0 Å². The van der Waals surface area contributed by atoms with E-state index in [-0.39, 0.29) is 28.4 Å². The number of nitrogens with zero attached hydrogens (tertiary/aromatic N) is 2. The predicted octanol–water partition coefficient (Wildman–Crippen LogP) is 3.16. The lowest BCUT2D eigenvalue weighted by Crippen LogP contribution is -2.14. The zero-order valence-corrected chi connectivity index (χ0v) is 17.7. The molecule has 2 N–H and O–H groups in total. The van der Waals surface area contributed by atoms with E-state index in [4.69, 9.17) is 9.47 Å². The highest BCUT2D eigenvalue weighted by atomic mass is 32.2. The quantitative estimate of drug-likeness (QED) is 0.380. The molecule has 0 saturated heterocycles. The largest absolute Gasteiger partial charge is 0.481 e. The highest BCUT2D eigenvalue weighted by Crippen LogP contribution is 2.21. The van der Waals surface area contributed by atoms with Gasteiger partial charge in [0.25, 0.3) is 10.0 Å². The number of anilines is 2. The molecule has 0 atom stereocenters. The van der Waals surface area contributed by atoms with Gasteiger partial charge in [-0.25, -0.2) is 8.42 Å². The Kier molecular flexibility index (Phi) is 6.65. The topological polar surface area (TPSA) is 120 Å². The molecule has 156 valence electrons. The summed E-state index contributed by atoms with van der Waals surface area (Å²) in [5.41, 5.74) is 0.620. The first kappa shape index (κ1) is 21.3. The lowest BCUT2D eigenvalue weighted by atomic mass is 10.3. The predicted molar refractivity (Wildman–Crippen MR) is 114 cm³/mol. The minimum Gasteiger partial charge on any atom is -0.481 e. The van der Waals surface area contributed by atoms with Crippen LogP contribution in [0.25, 0.3) is 0 Å². The molecule has 2 heterocycles. The lowest BCUT2D eigenvalue weighted by molar-refractivity contribution is 0.105. The maximum atomic E-state index is 12.6. The van der Waals surface area contributed by atoms with Gasteiger partial charge >= 0.3 is 6.01 Å². The second-order valence-electron chi connectivity index (χ2n) is 5.73. The van der Waals surface area contributed by atoms with Crippen molar-refractivity contribution in [3.63, 3.8) is 0 Å². The molecule has 0 bridgehead atoms. The van der Waals surface area contributed by atoms with Crippen LogP contribution in [-0.4, -0.2) is 38.4 Å². The molecular formula is C19H18N4O5S2. The second kappa shape index (κ2) is 9.37. The van der Waals surface area contributed by atoms with Gasteiger partial charge in [-0.2, -0.15) is 9.97 Å². The van der Waals surface area contributed by atoms with Gasteiger partial charge in [0.1, 0.15) is 0 Å². The number of hydrogen-bond acceptors (Lipinski definition) is 9. The minimum absolute atomic E-state index is 0.0101. The van der Waals surface area contributed by atoms with Gasteiger partial charge in [-0.3, -0.25) is 9.52 Å². The first-order valence-electron chi connectivity index (χ1n) is 8.52. The Morgan fingerprint density at radius 1 is 1.10 bits per heavy atom. The van der Waals surface area contributed by atoms with Crippen molar-refractivity contribution < 1.29 is 22.7 Å². The Balaban J connectivity index is 1.68. The van der Waals surface area contributed by atoms with Gasteiger partial charge in [0.2, 0.25) is 5.88 Å². The molecule has 11 heteroatoms. The van der Waals surface area contributed by atoms with Crippen LogP contribution in [0.15, 0.2) is 65.0 Å². The number of carbonyl (C=O) groups excluding carboxylic acids is 1. The summed E-state index contributed by atoms with van der Waals surface area (Å²) < 4.78 is 37.5. The van der Waals surface area contributed by atoms with Crippen molar-refractivity contribution in [1.82, 2.24) is 9.97 Å². The fourth-order valence-corrected chi connectivity index (χ4v) is 3.93. The monoisotopic (exact) mass is 446 g/mol. The number of nitrogens with one attached hydrogen (secondary N) is 2. The third-order valence-corrected chi connectivity index (χ3v) is 5.98. The van der Waals surface area contributed by atoms with E-state index in [1.807, 2.05) is 5.38 Å². The van der Waals surface area contributed by atoms with E-state index >= 15 is 0 Å². The number of allylic oxidation sites excluding steroid dienone is 1. The number of benzene rings is 1. The van der Waals surface area contributed by atoms with Crippen LogP contribution in [0.3, 0.4) is 0 Å². The third kappa shape index (κ3) is 5.33. The normalized spacial score (nSPS) is 11.3. The fourth-order valence-electron chi connectivity index (χ4n) is 2.29.